The van der Waals surface area contributed by atoms with Crippen molar-refractivity contribution in [3.05, 3.63) is 0 Å². The van der Waals surface area contributed by atoms with E-state index in [1.807, 2.05) is 0 Å². The molecule has 1 atom stereocenters. The summed E-state index contributed by atoms with van der Waals surface area (Å²) in [6.07, 6.45) is -3.62. The number of hydrogen-bond donors (Lipinski definition) is 1. The molecule has 0 saturated carbocycles. The van der Waals surface area contributed by atoms with Crippen LogP contribution in [0.2, 0.25) is 0 Å². The fraction of sp³-hybridized carbons (Fsp3) is 1.00. The zero-order valence-corrected chi connectivity index (χ0v) is 11.7. The Balaban J connectivity index is 1.98. The molecule has 1 unspecified atom stereocenters. The molecular formula is C12H24F3N3O. The third-order valence-corrected chi connectivity index (χ3v) is 3.27. The normalized spacial score (nSPS) is 22.9. The Labute approximate surface area is 112 Å². The average molecular weight is 283 g/mol. The van der Waals surface area contributed by atoms with Crippen molar-refractivity contribution in [1.29, 1.82) is 0 Å². The topological polar surface area (TPSA) is 27.7 Å². The number of alkyl halides is 3. The number of nitrogens with zero attached hydrogens (tertiary/aromatic N) is 2. The second-order valence-electron chi connectivity index (χ2n) is 5.12. The van der Waals surface area contributed by atoms with Crippen LogP contribution in [0.3, 0.4) is 0 Å². The van der Waals surface area contributed by atoms with Crippen molar-refractivity contribution >= 4 is 0 Å². The zero-order valence-electron chi connectivity index (χ0n) is 11.7. The number of hydrogen-bond acceptors (Lipinski definition) is 4. The van der Waals surface area contributed by atoms with E-state index in [0.29, 0.717) is 19.0 Å². The minimum Gasteiger partial charge on any atom is -0.372 e. The predicted octanol–water partition coefficient (Wildman–Crippen LogP) is 0.791. The van der Waals surface area contributed by atoms with Gasteiger partial charge in [-0.2, -0.15) is 13.2 Å². The molecule has 0 aromatic rings. The number of nitrogens with one attached hydrogen (secondary N) is 1. The van der Waals surface area contributed by atoms with Crippen LogP contribution in [0.25, 0.3) is 0 Å². The lowest BCUT2D eigenvalue weighted by molar-refractivity contribution is -0.173. The summed E-state index contributed by atoms with van der Waals surface area (Å²) < 4.78 is 40.0. The first-order valence-electron chi connectivity index (χ1n) is 6.62. The molecule has 0 radical (unpaired) electrons. The monoisotopic (exact) mass is 283 g/mol. The molecule has 7 heteroatoms. The lowest BCUT2D eigenvalue weighted by Gasteiger charge is -2.37. The standard InChI is InChI=1S/C12H24F3N3O/c1-17-5-6-18(2)11(9-17)8-16-4-3-7-19-10-12(13,14)15/h11,16H,3-10H2,1-2H3. The van der Waals surface area contributed by atoms with Crippen LogP contribution < -0.4 is 5.32 Å². The highest BCUT2D eigenvalue weighted by Gasteiger charge is 2.27. The van der Waals surface area contributed by atoms with E-state index in [9.17, 15) is 13.2 Å². The fourth-order valence-electron chi connectivity index (χ4n) is 2.08. The van der Waals surface area contributed by atoms with Gasteiger partial charge < -0.3 is 15.0 Å². The maximum absolute atomic E-state index is 11.8. The van der Waals surface area contributed by atoms with Gasteiger partial charge in [-0.25, -0.2) is 0 Å². The zero-order chi connectivity index (χ0) is 14.3. The lowest BCUT2D eigenvalue weighted by atomic mass is 10.2. The van der Waals surface area contributed by atoms with Gasteiger partial charge in [-0.3, -0.25) is 4.90 Å². The smallest absolute Gasteiger partial charge is 0.372 e. The molecule has 1 saturated heterocycles. The molecule has 1 aliphatic heterocycles. The van der Waals surface area contributed by atoms with Crippen LogP contribution in [0.15, 0.2) is 0 Å². The third kappa shape index (κ3) is 7.71. The van der Waals surface area contributed by atoms with Gasteiger partial charge in [0.15, 0.2) is 0 Å². The summed E-state index contributed by atoms with van der Waals surface area (Å²) in [6.45, 7) is 3.70. The van der Waals surface area contributed by atoms with Crippen molar-refractivity contribution in [2.24, 2.45) is 0 Å². The summed E-state index contributed by atoms with van der Waals surface area (Å²) in [6, 6.07) is 0.467. The Morgan fingerprint density at radius 3 is 2.68 bits per heavy atom. The van der Waals surface area contributed by atoms with Crippen molar-refractivity contribution in [2.75, 3.05) is 60.0 Å². The first-order chi connectivity index (χ1) is 8.88. The number of piperazine rings is 1. The van der Waals surface area contributed by atoms with E-state index in [2.05, 4.69) is 33.9 Å². The summed E-state index contributed by atoms with van der Waals surface area (Å²) in [5.41, 5.74) is 0. The fourth-order valence-corrected chi connectivity index (χ4v) is 2.08. The largest absolute Gasteiger partial charge is 0.411 e. The van der Waals surface area contributed by atoms with Gasteiger partial charge in [-0.05, 0) is 27.1 Å². The van der Waals surface area contributed by atoms with E-state index < -0.39 is 12.8 Å². The Hall–Kier alpha value is -0.370. The van der Waals surface area contributed by atoms with E-state index in [1.165, 1.54) is 0 Å². The van der Waals surface area contributed by atoms with Crippen LogP contribution in [0.4, 0.5) is 13.2 Å². The number of ether oxygens (including phenoxy) is 1. The molecule has 0 aromatic heterocycles. The highest BCUT2D eigenvalue weighted by Crippen LogP contribution is 2.14. The van der Waals surface area contributed by atoms with Gasteiger partial charge in [0.05, 0.1) is 0 Å². The summed E-state index contributed by atoms with van der Waals surface area (Å²) in [7, 11) is 4.21. The predicted molar refractivity (Wildman–Crippen MR) is 68.3 cm³/mol. The Kier molecular flexibility index (Phi) is 7.06. The van der Waals surface area contributed by atoms with Gasteiger partial charge in [0.1, 0.15) is 6.61 Å². The van der Waals surface area contributed by atoms with E-state index in [-0.39, 0.29) is 6.61 Å². The Bertz CT molecular complexity index is 251. The second kappa shape index (κ2) is 8.04. The molecule has 1 fully saturated rings. The molecular weight excluding hydrogens is 259 g/mol. The molecule has 4 nitrogen and oxygen atoms in total. The van der Waals surface area contributed by atoms with E-state index >= 15 is 0 Å². The molecule has 1 heterocycles. The molecule has 1 rings (SSSR count). The van der Waals surface area contributed by atoms with Crippen LogP contribution in [0.1, 0.15) is 6.42 Å². The third-order valence-electron chi connectivity index (χ3n) is 3.27. The molecule has 1 aliphatic rings. The maximum Gasteiger partial charge on any atom is 0.411 e. The lowest BCUT2D eigenvalue weighted by Crippen LogP contribution is -2.53. The maximum atomic E-state index is 11.8. The quantitative estimate of drug-likeness (QED) is 0.699. The molecule has 114 valence electrons. The molecule has 0 bridgehead atoms. The molecule has 0 aromatic carbocycles. The van der Waals surface area contributed by atoms with E-state index in [4.69, 9.17) is 0 Å². The molecule has 0 amide bonds. The van der Waals surface area contributed by atoms with Gasteiger partial charge in [-0.15, -0.1) is 0 Å². The van der Waals surface area contributed by atoms with Crippen molar-refractivity contribution < 1.29 is 17.9 Å². The van der Waals surface area contributed by atoms with Crippen LogP contribution in [-0.2, 0) is 4.74 Å². The molecule has 0 spiro atoms. The number of rotatable bonds is 7. The first kappa shape index (κ1) is 16.7. The summed E-state index contributed by atoms with van der Waals surface area (Å²) in [4.78, 5) is 4.60. The highest BCUT2D eigenvalue weighted by molar-refractivity contribution is 4.80. The minimum atomic E-state index is -4.22. The van der Waals surface area contributed by atoms with Gasteiger partial charge in [-0.1, -0.05) is 0 Å². The summed E-state index contributed by atoms with van der Waals surface area (Å²) in [5.74, 6) is 0. The van der Waals surface area contributed by atoms with Crippen LogP contribution >= 0.6 is 0 Å². The van der Waals surface area contributed by atoms with Crippen molar-refractivity contribution in [2.45, 2.75) is 18.6 Å². The van der Waals surface area contributed by atoms with Gasteiger partial charge >= 0.3 is 6.18 Å². The van der Waals surface area contributed by atoms with Crippen LogP contribution in [0.5, 0.6) is 0 Å². The van der Waals surface area contributed by atoms with Crippen molar-refractivity contribution in [1.82, 2.24) is 15.1 Å². The van der Waals surface area contributed by atoms with E-state index in [1.54, 1.807) is 0 Å². The average Bonchev–Trinajstić information content (AvgIpc) is 2.31. The van der Waals surface area contributed by atoms with Crippen molar-refractivity contribution in [3.63, 3.8) is 0 Å². The summed E-state index contributed by atoms with van der Waals surface area (Å²) >= 11 is 0. The molecule has 0 aliphatic carbocycles. The number of halogens is 3. The highest BCUT2D eigenvalue weighted by atomic mass is 19.4. The number of likely N-dealkylation sites (N-methyl/N-ethyl adjacent to an activating group) is 2. The van der Waals surface area contributed by atoms with Gasteiger partial charge in [0.2, 0.25) is 0 Å². The molecule has 1 N–H and O–H groups in total. The van der Waals surface area contributed by atoms with Crippen LogP contribution in [0, 0.1) is 0 Å². The van der Waals surface area contributed by atoms with Gasteiger partial charge in [0, 0.05) is 38.8 Å². The second-order valence-corrected chi connectivity index (χ2v) is 5.12. The van der Waals surface area contributed by atoms with Crippen LogP contribution in [-0.4, -0.2) is 82.1 Å². The summed E-state index contributed by atoms with van der Waals surface area (Å²) in [5, 5.41) is 3.27. The SMILES string of the molecule is CN1CCN(C)C(CNCCCOCC(F)(F)F)C1. The minimum absolute atomic E-state index is 0.146. The van der Waals surface area contributed by atoms with Gasteiger partial charge in [0.25, 0.3) is 0 Å². The van der Waals surface area contributed by atoms with E-state index in [0.717, 1.165) is 26.2 Å². The van der Waals surface area contributed by atoms with Crippen molar-refractivity contribution in [3.8, 4) is 0 Å². The Morgan fingerprint density at radius 1 is 1.26 bits per heavy atom. The first-order valence-corrected chi connectivity index (χ1v) is 6.62. The molecule has 19 heavy (non-hydrogen) atoms. The Morgan fingerprint density at radius 2 is 2.00 bits per heavy atom.